The van der Waals surface area contributed by atoms with Gasteiger partial charge in [0.1, 0.15) is 11.4 Å². The average molecular weight is 294 g/mol. The fourth-order valence-corrected chi connectivity index (χ4v) is 1.94. The molecule has 0 aromatic carbocycles. The predicted octanol–water partition coefficient (Wildman–Crippen LogP) is 1.27. The number of sulfonamides is 1. The van der Waals surface area contributed by atoms with E-state index in [1.807, 2.05) is 0 Å². The van der Waals surface area contributed by atoms with Crippen LogP contribution in [0, 0.1) is 0 Å². The van der Waals surface area contributed by atoms with E-state index in [1.165, 1.54) is 19.3 Å². The van der Waals surface area contributed by atoms with Gasteiger partial charge in [-0.25, -0.2) is 23.5 Å². The average Bonchev–Trinajstić information content (AvgIpc) is 2.25. The van der Waals surface area contributed by atoms with Crippen molar-refractivity contribution < 1.29 is 13.2 Å². The molecule has 2 atom stereocenters. The molecule has 18 heavy (non-hydrogen) atoms. The van der Waals surface area contributed by atoms with Crippen molar-refractivity contribution in [1.82, 2.24) is 9.97 Å². The zero-order valence-electron chi connectivity index (χ0n) is 10.4. The highest BCUT2D eigenvalue weighted by atomic mass is 35.5. The highest BCUT2D eigenvalue weighted by Crippen LogP contribution is 2.24. The Balaban J connectivity index is 3.09. The van der Waals surface area contributed by atoms with Gasteiger partial charge in [0.05, 0.1) is 11.1 Å². The minimum atomic E-state index is -3.74. The third-order valence-electron chi connectivity index (χ3n) is 2.26. The van der Waals surface area contributed by atoms with E-state index in [9.17, 15) is 8.42 Å². The van der Waals surface area contributed by atoms with E-state index in [4.69, 9.17) is 21.5 Å². The number of nitrogens with two attached hydrogens (primary N) is 1. The number of ether oxygens (including phenoxy) is 1. The quantitative estimate of drug-likeness (QED) is 0.882. The van der Waals surface area contributed by atoms with E-state index in [1.54, 1.807) is 13.8 Å². The molecule has 0 spiro atoms. The van der Waals surface area contributed by atoms with Gasteiger partial charge in [0.15, 0.2) is 5.82 Å². The van der Waals surface area contributed by atoms with Gasteiger partial charge in [-0.1, -0.05) is 11.6 Å². The predicted molar refractivity (Wildman–Crippen MR) is 68.6 cm³/mol. The zero-order chi connectivity index (χ0) is 13.9. The number of primary sulfonamides is 1. The second kappa shape index (κ2) is 5.92. The van der Waals surface area contributed by atoms with Crippen molar-refractivity contribution >= 4 is 21.6 Å². The van der Waals surface area contributed by atoms with Gasteiger partial charge in [0.2, 0.25) is 10.0 Å². The van der Waals surface area contributed by atoms with Crippen molar-refractivity contribution in [3.63, 3.8) is 0 Å². The molecule has 0 saturated heterocycles. The van der Waals surface area contributed by atoms with Crippen molar-refractivity contribution in [2.75, 3.05) is 0 Å². The monoisotopic (exact) mass is 293 g/mol. The minimum absolute atomic E-state index is 0.182. The summed E-state index contributed by atoms with van der Waals surface area (Å²) in [6.45, 7) is 5.04. The molecular formula is C10H16ClN3O3S. The third kappa shape index (κ3) is 4.16. The molecule has 0 saturated carbocycles. The molecule has 0 amide bonds. The number of hydrogen-bond acceptors (Lipinski definition) is 5. The zero-order valence-corrected chi connectivity index (χ0v) is 11.9. The normalized spacial score (nSPS) is 15.7. The summed E-state index contributed by atoms with van der Waals surface area (Å²) >= 11 is 5.68. The van der Waals surface area contributed by atoms with Crippen molar-refractivity contribution in [3.8, 4) is 0 Å². The lowest BCUT2D eigenvalue weighted by Gasteiger charge is -2.23. The van der Waals surface area contributed by atoms with E-state index in [0.29, 0.717) is 5.02 Å². The summed E-state index contributed by atoms with van der Waals surface area (Å²) in [4.78, 5) is 7.96. The molecule has 8 heteroatoms. The fourth-order valence-electron chi connectivity index (χ4n) is 1.32. The van der Waals surface area contributed by atoms with Gasteiger partial charge in [-0.2, -0.15) is 0 Å². The fraction of sp³-hybridized carbons (Fsp3) is 0.600. The lowest BCUT2D eigenvalue weighted by atomic mass is 10.2. The third-order valence-corrected chi connectivity index (χ3v) is 3.74. The van der Waals surface area contributed by atoms with Crippen LogP contribution in [0.25, 0.3) is 0 Å². The molecule has 0 aliphatic carbocycles. The second-order valence-electron chi connectivity index (χ2n) is 4.16. The Bertz CT molecular complexity index is 490. The number of aromatic nitrogens is 2. The molecule has 1 rings (SSSR count). The molecule has 0 aliphatic rings. The first-order valence-electron chi connectivity index (χ1n) is 5.36. The number of hydrogen-bond donors (Lipinski definition) is 1. The Kier molecular flexibility index (Phi) is 5.03. The largest absolute Gasteiger partial charge is 0.366 e. The van der Waals surface area contributed by atoms with Crippen LogP contribution in [-0.2, 0) is 14.8 Å². The van der Waals surface area contributed by atoms with Gasteiger partial charge in [0, 0.05) is 12.4 Å². The Morgan fingerprint density at radius 2 is 1.78 bits per heavy atom. The molecule has 6 nitrogen and oxygen atoms in total. The highest BCUT2D eigenvalue weighted by Gasteiger charge is 2.31. The van der Waals surface area contributed by atoms with Crippen LogP contribution in [0.2, 0.25) is 5.02 Å². The highest BCUT2D eigenvalue weighted by molar-refractivity contribution is 7.89. The Morgan fingerprint density at radius 3 is 2.17 bits per heavy atom. The van der Waals surface area contributed by atoms with Crippen LogP contribution in [0.3, 0.4) is 0 Å². The maximum atomic E-state index is 11.4. The summed E-state index contributed by atoms with van der Waals surface area (Å²) in [7, 11) is -3.74. The molecule has 2 N–H and O–H groups in total. The lowest BCUT2D eigenvalue weighted by Crippen LogP contribution is -2.34. The Labute approximate surface area is 112 Å². The second-order valence-corrected chi connectivity index (χ2v) is 6.52. The van der Waals surface area contributed by atoms with Gasteiger partial charge in [-0.05, 0) is 20.8 Å². The number of halogens is 1. The standard InChI is InChI=1S/C10H16ClN3O3S/c1-6(2)17-9(7(3)18(12,15)16)10-13-4-8(11)5-14-10/h4-7,9H,1-3H3,(H2,12,15,16)/t7?,9-/m1/s1. The summed E-state index contributed by atoms with van der Waals surface area (Å²) in [5.74, 6) is 0.245. The summed E-state index contributed by atoms with van der Waals surface area (Å²) in [5, 5.41) is 4.56. The summed E-state index contributed by atoms with van der Waals surface area (Å²) in [6.07, 6.45) is 1.77. The van der Waals surface area contributed by atoms with Gasteiger partial charge in [-0.3, -0.25) is 0 Å². The van der Waals surface area contributed by atoms with Gasteiger partial charge in [-0.15, -0.1) is 0 Å². The summed E-state index contributed by atoms with van der Waals surface area (Å²) in [5.41, 5.74) is 0. The molecule has 102 valence electrons. The molecule has 0 bridgehead atoms. The smallest absolute Gasteiger partial charge is 0.214 e. The minimum Gasteiger partial charge on any atom is -0.366 e. The van der Waals surface area contributed by atoms with Crippen LogP contribution < -0.4 is 5.14 Å². The van der Waals surface area contributed by atoms with E-state index in [-0.39, 0.29) is 11.9 Å². The molecule has 0 radical (unpaired) electrons. The first kappa shape index (κ1) is 15.3. The van der Waals surface area contributed by atoms with Crippen molar-refractivity contribution in [2.24, 2.45) is 5.14 Å². The van der Waals surface area contributed by atoms with Crippen LogP contribution in [0.4, 0.5) is 0 Å². The van der Waals surface area contributed by atoms with Crippen LogP contribution in [0.15, 0.2) is 12.4 Å². The summed E-state index contributed by atoms with van der Waals surface area (Å²) < 4.78 is 28.4. The van der Waals surface area contributed by atoms with Crippen LogP contribution in [0.5, 0.6) is 0 Å². The molecule has 1 aromatic heterocycles. The van der Waals surface area contributed by atoms with Gasteiger partial charge in [0.25, 0.3) is 0 Å². The Hall–Kier alpha value is -0.760. The molecular weight excluding hydrogens is 278 g/mol. The van der Waals surface area contributed by atoms with E-state index >= 15 is 0 Å². The maximum absolute atomic E-state index is 11.4. The summed E-state index contributed by atoms with van der Waals surface area (Å²) in [6, 6.07) is 0. The molecule has 1 aromatic rings. The molecule has 0 fully saturated rings. The van der Waals surface area contributed by atoms with Crippen molar-refractivity contribution in [1.29, 1.82) is 0 Å². The SMILES string of the molecule is CC(C)O[C@@H](c1ncc(Cl)cn1)C(C)S(N)(=O)=O. The van der Waals surface area contributed by atoms with E-state index < -0.39 is 21.4 Å². The first-order chi connectivity index (χ1) is 8.21. The van der Waals surface area contributed by atoms with Crippen LogP contribution >= 0.6 is 11.6 Å². The molecule has 1 unspecified atom stereocenters. The molecule has 0 aliphatic heterocycles. The van der Waals surface area contributed by atoms with Crippen molar-refractivity contribution in [3.05, 3.63) is 23.2 Å². The van der Waals surface area contributed by atoms with E-state index in [0.717, 1.165) is 0 Å². The lowest BCUT2D eigenvalue weighted by molar-refractivity contribution is 0.00146. The topological polar surface area (TPSA) is 95.2 Å². The Morgan fingerprint density at radius 1 is 1.28 bits per heavy atom. The number of nitrogens with zero attached hydrogens (tertiary/aromatic N) is 2. The van der Waals surface area contributed by atoms with Crippen LogP contribution in [-0.4, -0.2) is 29.7 Å². The van der Waals surface area contributed by atoms with E-state index in [2.05, 4.69) is 9.97 Å². The van der Waals surface area contributed by atoms with Crippen molar-refractivity contribution in [2.45, 2.75) is 38.2 Å². The van der Waals surface area contributed by atoms with Gasteiger partial charge < -0.3 is 4.74 Å². The number of rotatable bonds is 5. The van der Waals surface area contributed by atoms with Gasteiger partial charge >= 0.3 is 0 Å². The molecule has 1 heterocycles. The maximum Gasteiger partial charge on any atom is 0.214 e. The first-order valence-corrected chi connectivity index (χ1v) is 7.35. The van der Waals surface area contributed by atoms with Crippen LogP contribution in [0.1, 0.15) is 32.7 Å².